The van der Waals surface area contributed by atoms with Crippen molar-refractivity contribution >= 4 is 16.5 Å². The van der Waals surface area contributed by atoms with Gasteiger partial charge in [-0.25, -0.2) is 9.37 Å². The fraction of sp³-hybridized carbons (Fsp3) is 0.357. The van der Waals surface area contributed by atoms with Crippen LogP contribution in [0, 0.1) is 5.82 Å². The van der Waals surface area contributed by atoms with Crippen LogP contribution in [0.25, 0.3) is 0 Å². The van der Waals surface area contributed by atoms with E-state index in [0.717, 1.165) is 23.5 Å². The molecular formula is C14H18FN3S. The maximum absolute atomic E-state index is 12.9. The van der Waals surface area contributed by atoms with Crippen molar-refractivity contribution in [1.29, 1.82) is 0 Å². The van der Waals surface area contributed by atoms with Crippen LogP contribution in [0.5, 0.6) is 0 Å². The number of anilines is 1. The summed E-state index contributed by atoms with van der Waals surface area (Å²) < 4.78 is 12.9. The molecule has 1 heterocycles. The van der Waals surface area contributed by atoms with E-state index in [1.807, 2.05) is 18.3 Å². The predicted octanol–water partition coefficient (Wildman–Crippen LogP) is 3.45. The van der Waals surface area contributed by atoms with E-state index in [-0.39, 0.29) is 11.9 Å². The van der Waals surface area contributed by atoms with Crippen LogP contribution in [-0.2, 0) is 6.54 Å². The zero-order valence-corrected chi connectivity index (χ0v) is 12.0. The molecular weight excluding hydrogens is 261 g/mol. The molecule has 0 aliphatic heterocycles. The Hall–Kier alpha value is -1.46. The van der Waals surface area contributed by atoms with Gasteiger partial charge in [-0.3, -0.25) is 4.90 Å². The third-order valence-corrected chi connectivity index (χ3v) is 4.05. The lowest BCUT2D eigenvalue weighted by molar-refractivity contribution is 0.214. The Morgan fingerprint density at radius 1 is 1.37 bits per heavy atom. The van der Waals surface area contributed by atoms with Gasteiger partial charge in [0.25, 0.3) is 0 Å². The van der Waals surface area contributed by atoms with Gasteiger partial charge in [0, 0.05) is 23.7 Å². The highest BCUT2D eigenvalue weighted by Gasteiger charge is 2.15. The summed E-state index contributed by atoms with van der Waals surface area (Å²) in [6.07, 6.45) is 1.82. The number of nitrogen functional groups attached to an aromatic ring is 1. The van der Waals surface area contributed by atoms with Crippen LogP contribution in [0.15, 0.2) is 30.5 Å². The lowest BCUT2D eigenvalue weighted by Gasteiger charge is -2.27. The molecule has 0 fully saturated rings. The molecule has 3 nitrogen and oxygen atoms in total. The third-order valence-electron chi connectivity index (χ3n) is 3.24. The molecule has 19 heavy (non-hydrogen) atoms. The van der Waals surface area contributed by atoms with Crippen molar-refractivity contribution in [3.05, 3.63) is 46.7 Å². The van der Waals surface area contributed by atoms with Crippen LogP contribution in [0.2, 0.25) is 0 Å². The molecule has 102 valence electrons. The smallest absolute Gasteiger partial charge is 0.180 e. The van der Waals surface area contributed by atoms with Gasteiger partial charge in [0.1, 0.15) is 5.82 Å². The zero-order chi connectivity index (χ0) is 13.8. The molecule has 0 saturated heterocycles. The number of aromatic nitrogens is 1. The van der Waals surface area contributed by atoms with Gasteiger partial charge in [-0.15, -0.1) is 11.3 Å². The summed E-state index contributed by atoms with van der Waals surface area (Å²) in [5.41, 5.74) is 6.76. The first-order valence-corrected chi connectivity index (χ1v) is 7.11. The Kier molecular flexibility index (Phi) is 4.50. The van der Waals surface area contributed by atoms with Crippen molar-refractivity contribution in [3.8, 4) is 0 Å². The van der Waals surface area contributed by atoms with E-state index in [0.29, 0.717) is 5.13 Å². The van der Waals surface area contributed by atoms with E-state index in [2.05, 4.69) is 23.7 Å². The van der Waals surface area contributed by atoms with E-state index in [9.17, 15) is 4.39 Å². The Labute approximate surface area is 116 Å². The number of rotatable bonds is 5. The Bertz CT molecular complexity index is 524. The van der Waals surface area contributed by atoms with Crippen molar-refractivity contribution in [2.75, 3.05) is 12.3 Å². The maximum atomic E-state index is 12.9. The predicted molar refractivity (Wildman–Crippen MR) is 77.4 cm³/mol. The molecule has 0 radical (unpaired) electrons. The lowest BCUT2D eigenvalue weighted by Crippen LogP contribution is -2.26. The molecule has 0 amide bonds. The van der Waals surface area contributed by atoms with Gasteiger partial charge < -0.3 is 5.73 Å². The molecule has 2 N–H and O–H groups in total. The fourth-order valence-corrected chi connectivity index (χ4v) is 2.78. The minimum Gasteiger partial charge on any atom is -0.375 e. The van der Waals surface area contributed by atoms with Crippen LogP contribution in [-0.4, -0.2) is 16.4 Å². The van der Waals surface area contributed by atoms with Crippen LogP contribution in [0.4, 0.5) is 9.52 Å². The first-order valence-electron chi connectivity index (χ1n) is 6.30. The molecule has 5 heteroatoms. The Morgan fingerprint density at radius 2 is 2.05 bits per heavy atom. The van der Waals surface area contributed by atoms with Crippen molar-refractivity contribution < 1.29 is 4.39 Å². The van der Waals surface area contributed by atoms with Crippen molar-refractivity contribution in [2.45, 2.75) is 26.4 Å². The van der Waals surface area contributed by atoms with E-state index in [4.69, 9.17) is 5.73 Å². The van der Waals surface area contributed by atoms with E-state index < -0.39 is 0 Å². The Balaban J connectivity index is 2.10. The molecule has 0 spiro atoms. The van der Waals surface area contributed by atoms with E-state index >= 15 is 0 Å². The first-order chi connectivity index (χ1) is 9.10. The van der Waals surface area contributed by atoms with Crippen molar-refractivity contribution in [2.24, 2.45) is 0 Å². The molecule has 1 atom stereocenters. The van der Waals surface area contributed by atoms with Crippen LogP contribution in [0.3, 0.4) is 0 Å². The number of hydrogen-bond donors (Lipinski definition) is 1. The molecule has 0 bridgehead atoms. The summed E-state index contributed by atoms with van der Waals surface area (Å²) in [6, 6.07) is 6.91. The highest BCUT2D eigenvalue weighted by molar-refractivity contribution is 7.15. The van der Waals surface area contributed by atoms with Gasteiger partial charge >= 0.3 is 0 Å². The average Bonchev–Trinajstić information content (AvgIpc) is 2.81. The molecule has 0 saturated carbocycles. The minimum atomic E-state index is -0.200. The van der Waals surface area contributed by atoms with Crippen LogP contribution < -0.4 is 5.73 Å². The SMILES string of the molecule is CCN(Cc1cnc(N)s1)C(C)c1ccc(F)cc1. The quantitative estimate of drug-likeness (QED) is 0.911. The molecule has 2 aromatic rings. The first kappa shape index (κ1) is 14.0. The number of halogens is 1. The van der Waals surface area contributed by atoms with Gasteiger partial charge in [0.05, 0.1) is 0 Å². The number of thiazole rings is 1. The number of nitrogens with two attached hydrogens (primary N) is 1. The van der Waals surface area contributed by atoms with Crippen molar-refractivity contribution in [3.63, 3.8) is 0 Å². The fourth-order valence-electron chi connectivity index (χ4n) is 2.07. The monoisotopic (exact) mass is 279 g/mol. The summed E-state index contributed by atoms with van der Waals surface area (Å²) in [6.45, 7) is 5.96. The Morgan fingerprint density at radius 3 is 2.58 bits per heavy atom. The molecule has 0 aliphatic rings. The summed E-state index contributed by atoms with van der Waals surface area (Å²) in [4.78, 5) is 7.52. The molecule has 1 aromatic heterocycles. The van der Waals surface area contributed by atoms with Crippen LogP contribution >= 0.6 is 11.3 Å². The normalized spacial score (nSPS) is 12.8. The second-order valence-corrected chi connectivity index (χ2v) is 5.60. The van der Waals surface area contributed by atoms with Gasteiger partial charge in [-0.2, -0.15) is 0 Å². The second-order valence-electron chi connectivity index (χ2n) is 4.46. The summed E-state index contributed by atoms with van der Waals surface area (Å²) in [5.74, 6) is -0.200. The summed E-state index contributed by atoms with van der Waals surface area (Å²) >= 11 is 1.51. The largest absolute Gasteiger partial charge is 0.375 e. The highest BCUT2D eigenvalue weighted by Crippen LogP contribution is 2.24. The topological polar surface area (TPSA) is 42.2 Å². The minimum absolute atomic E-state index is 0.200. The average molecular weight is 279 g/mol. The van der Waals surface area contributed by atoms with Gasteiger partial charge in [-0.05, 0) is 31.2 Å². The lowest BCUT2D eigenvalue weighted by atomic mass is 10.1. The molecule has 0 aliphatic carbocycles. The molecule has 2 rings (SSSR count). The maximum Gasteiger partial charge on any atom is 0.180 e. The van der Waals surface area contributed by atoms with E-state index in [1.165, 1.54) is 23.5 Å². The van der Waals surface area contributed by atoms with Gasteiger partial charge in [0.2, 0.25) is 0 Å². The molecule has 1 unspecified atom stereocenters. The zero-order valence-electron chi connectivity index (χ0n) is 11.1. The number of nitrogens with zero attached hydrogens (tertiary/aromatic N) is 2. The third kappa shape index (κ3) is 3.52. The summed E-state index contributed by atoms with van der Waals surface area (Å²) in [7, 11) is 0. The summed E-state index contributed by atoms with van der Waals surface area (Å²) in [5, 5.41) is 0.598. The van der Waals surface area contributed by atoms with Gasteiger partial charge in [-0.1, -0.05) is 19.1 Å². The second kappa shape index (κ2) is 6.12. The number of hydrogen-bond acceptors (Lipinski definition) is 4. The van der Waals surface area contributed by atoms with Gasteiger partial charge in [0.15, 0.2) is 5.13 Å². The standard InChI is InChI=1S/C14H18FN3S/c1-3-18(9-13-8-17-14(16)19-13)10(2)11-4-6-12(15)7-5-11/h4-8,10H,3,9H2,1-2H3,(H2,16,17). The van der Waals surface area contributed by atoms with Crippen LogP contribution in [0.1, 0.15) is 30.3 Å². The number of benzene rings is 1. The van der Waals surface area contributed by atoms with E-state index in [1.54, 1.807) is 0 Å². The molecule has 1 aromatic carbocycles. The van der Waals surface area contributed by atoms with Crippen molar-refractivity contribution in [1.82, 2.24) is 9.88 Å². The highest BCUT2D eigenvalue weighted by atomic mass is 32.1.